The van der Waals surface area contributed by atoms with Crippen LogP contribution >= 0.6 is 15.9 Å². The summed E-state index contributed by atoms with van der Waals surface area (Å²) in [6.45, 7) is 3.28. The van der Waals surface area contributed by atoms with E-state index in [0.717, 1.165) is 25.8 Å². The molecule has 1 N–H and O–H groups in total. The Labute approximate surface area is 135 Å². The molecule has 2 aromatic rings. The molecule has 0 aliphatic heterocycles. The van der Waals surface area contributed by atoms with Gasteiger partial charge in [0.1, 0.15) is 0 Å². The maximum Gasteiger partial charge on any atom is 0.0521 e. The Hall–Kier alpha value is -1.13. The summed E-state index contributed by atoms with van der Waals surface area (Å²) in [6.07, 6.45) is 8.50. The standard InChI is InChI=1S/C17H24BrN3/c1-3-10-19-16(9-8-14-12-20-21(2)13-14)11-15-6-4-5-7-17(15)18/h4-7,12-13,16,19H,3,8-11H2,1-2H3. The van der Waals surface area contributed by atoms with Crippen LogP contribution in [0, 0.1) is 0 Å². The number of nitrogens with zero attached hydrogens (tertiary/aromatic N) is 2. The van der Waals surface area contributed by atoms with E-state index in [9.17, 15) is 0 Å². The van der Waals surface area contributed by atoms with Gasteiger partial charge in [0.15, 0.2) is 0 Å². The first-order valence-electron chi connectivity index (χ1n) is 7.63. The van der Waals surface area contributed by atoms with Crippen LogP contribution in [0.15, 0.2) is 41.1 Å². The van der Waals surface area contributed by atoms with Crippen LogP contribution in [-0.4, -0.2) is 22.4 Å². The molecule has 1 unspecified atom stereocenters. The van der Waals surface area contributed by atoms with Crippen molar-refractivity contribution >= 4 is 15.9 Å². The van der Waals surface area contributed by atoms with Crippen molar-refractivity contribution in [2.45, 2.75) is 38.6 Å². The molecule has 3 nitrogen and oxygen atoms in total. The highest BCUT2D eigenvalue weighted by atomic mass is 79.9. The molecular weight excluding hydrogens is 326 g/mol. The van der Waals surface area contributed by atoms with Crippen molar-refractivity contribution in [2.75, 3.05) is 6.54 Å². The Morgan fingerprint density at radius 3 is 2.81 bits per heavy atom. The molecule has 0 spiro atoms. The highest BCUT2D eigenvalue weighted by molar-refractivity contribution is 9.10. The number of benzene rings is 1. The molecule has 1 aromatic carbocycles. The van der Waals surface area contributed by atoms with Gasteiger partial charge in [0.2, 0.25) is 0 Å². The second-order valence-electron chi connectivity index (χ2n) is 5.51. The van der Waals surface area contributed by atoms with E-state index in [1.807, 2.05) is 17.9 Å². The SMILES string of the molecule is CCCNC(CCc1cnn(C)c1)Cc1ccccc1Br. The fraction of sp³-hybridized carbons (Fsp3) is 0.471. The summed E-state index contributed by atoms with van der Waals surface area (Å²) in [7, 11) is 1.97. The zero-order chi connectivity index (χ0) is 15.1. The molecular formula is C17H24BrN3. The smallest absolute Gasteiger partial charge is 0.0521 e. The van der Waals surface area contributed by atoms with E-state index >= 15 is 0 Å². The van der Waals surface area contributed by atoms with Crippen molar-refractivity contribution in [3.05, 3.63) is 52.3 Å². The van der Waals surface area contributed by atoms with E-state index in [1.165, 1.54) is 22.0 Å². The fourth-order valence-electron chi connectivity index (χ4n) is 2.50. The Morgan fingerprint density at radius 2 is 2.14 bits per heavy atom. The zero-order valence-electron chi connectivity index (χ0n) is 12.8. The minimum absolute atomic E-state index is 0.504. The summed E-state index contributed by atoms with van der Waals surface area (Å²) >= 11 is 3.65. The number of aromatic nitrogens is 2. The van der Waals surface area contributed by atoms with Gasteiger partial charge in [-0.2, -0.15) is 5.10 Å². The lowest BCUT2D eigenvalue weighted by Gasteiger charge is -2.19. The molecule has 1 aromatic heterocycles. The van der Waals surface area contributed by atoms with Crippen LogP contribution < -0.4 is 5.32 Å². The van der Waals surface area contributed by atoms with E-state index in [0.29, 0.717) is 6.04 Å². The molecule has 0 saturated heterocycles. The van der Waals surface area contributed by atoms with Crippen LogP contribution in [0.2, 0.25) is 0 Å². The summed E-state index contributed by atoms with van der Waals surface area (Å²) in [5.74, 6) is 0. The monoisotopic (exact) mass is 349 g/mol. The fourth-order valence-corrected chi connectivity index (χ4v) is 2.94. The van der Waals surface area contributed by atoms with Crippen molar-refractivity contribution in [3.8, 4) is 0 Å². The van der Waals surface area contributed by atoms with Gasteiger partial charge < -0.3 is 5.32 Å². The maximum atomic E-state index is 4.24. The van der Waals surface area contributed by atoms with Gasteiger partial charge in [0.25, 0.3) is 0 Å². The van der Waals surface area contributed by atoms with Crippen molar-refractivity contribution in [1.82, 2.24) is 15.1 Å². The van der Waals surface area contributed by atoms with E-state index in [1.54, 1.807) is 0 Å². The highest BCUT2D eigenvalue weighted by Gasteiger charge is 2.11. The van der Waals surface area contributed by atoms with Gasteiger partial charge in [-0.15, -0.1) is 0 Å². The van der Waals surface area contributed by atoms with Gasteiger partial charge in [-0.05, 0) is 49.4 Å². The molecule has 0 fully saturated rings. The molecule has 0 radical (unpaired) electrons. The van der Waals surface area contributed by atoms with E-state index in [2.05, 4.69) is 63.7 Å². The van der Waals surface area contributed by atoms with Crippen molar-refractivity contribution in [2.24, 2.45) is 7.05 Å². The third-order valence-electron chi connectivity index (χ3n) is 3.65. The van der Waals surface area contributed by atoms with E-state index in [4.69, 9.17) is 0 Å². The Morgan fingerprint density at radius 1 is 1.33 bits per heavy atom. The molecule has 1 heterocycles. The number of aryl methyl sites for hydroxylation is 2. The highest BCUT2D eigenvalue weighted by Crippen LogP contribution is 2.19. The second kappa shape index (κ2) is 8.35. The number of rotatable bonds is 8. The predicted molar refractivity (Wildman–Crippen MR) is 91.5 cm³/mol. The van der Waals surface area contributed by atoms with Crippen LogP contribution in [0.25, 0.3) is 0 Å². The molecule has 0 amide bonds. The topological polar surface area (TPSA) is 29.9 Å². The average molecular weight is 350 g/mol. The van der Waals surface area contributed by atoms with Crippen molar-refractivity contribution < 1.29 is 0 Å². The summed E-state index contributed by atoms with van der Waals surface area (Å²) in [6, 6.07) is 9.00. The summed E-state index contributed by atoms with van der Waals surface area (Å²) in [5.41, 5.74) is 2.69. The first kappa shape index (κ1) is 16.2. The molecule has 1 atom stereocenters. The Bertz CT molecular complexity index is 550. The summed E-state index contributed by atoms with van der Waals surface area (Å²) < 4.78 is 3.08. The first-order chi connectivity index (χ1) is 10.2. The largest absolute Gasteiger partial charge is 0.314 e. The molecule has 21 heavy (non-hydrogen) atoms. The van der Waals surface area contributed by atoms with Gasteiger partial charge in [-0.3, -0.25) is 4.68 Å². The minimum atomic E-state index is 0.504. The Balaban J connectivity index is 1.95. The quantitative estimate of drug-likeness (QED) is 0.786. The number of nitrogens with one attached hydrogen (secondary N) is 1. The van der Waals surface area contributed by atoms with Crippen LogP contribution in [0.5, 0.6) is 0 Å². The van der Waals surface area contributed by atoms with Gasteiger partial charge in [-0.1, -0.05) is 41.1 Å². The molecule has 0 saturated carbocycles. The lowest BCUT2D eigenvalue weighted by molar-refractivity contribution is 0.477. The third kappa shape index (κ3) is 5.29. The van der Waals surface area contributed by atoms with Crippen molar-refractivity contribution in [1.29, 1.82) is 0 Å². The maximum absolute atomic E-state index is 4.24. The molecule has 4 heteroatoms. The van der Waals surface area contributed by atoms with E-state index < -0.39 is 0 Å². The summed E-state index contributed by atoms with van der Waals surface area (Å²) in [4.78, 5) is 0. The number of hydrogen-bond donors (Lipinski definition) is 1. The van der Waals surface area contributed by atoms with E-state index in [-0.39, 0.29) is 0 Å². The minimum Gasteiger partial charge on any atom is -0.314 e. The molecule has 2 rings (SSSR count). The molecule has 0 aliphatic carbocycles. The second-order valence-corrected chi connectivity index (χ2v) is 6.36. The average Bonchev–Trinajstić information content (AvgIpc) is 2.89. The third-order valence-corrected chi connectivity index (χ3v) is 4.42. The Kier molecular flexibility index (Phi) is 6.46. The van der Waals surface area contributed by atoms with Gasteiger partial charge in [-0.25, -0.2) is 0 Å². The van der Waals surface area contributed by atoms with Crippen LogP contribution in [-0.2, 0) is 19.9 Å². The molecule has 0 bridgehead atoms. The van der Waals surface area contributed by atoms with Crippen LogP contribution in [0.3, 0.4) is 0 Å². The summed E-state index contributed by atoms with van der Waals surface area (Å²) in [5, 5.41) is 7.92. The zero-order valence-corrected chi connectivity index (χ0v) is 14.4. The van der Waals surface area contributed by atoms with Gasteiger partial charge >= 0.3 is 0 Å². The van der Waals surface area contributed by atoms with Gasteiger partial charge in [0, 0.05) is 23.8 Å². The molecule has 0 aliphatic rings. The van der Waals surface area contributed by atoms with Gasteiger partial charge in [0.05, 0.1) is 6.20 Å². The number of hydrogen-bond acceptors (Lipinski definition) is 2. The molecule has 114 valence electrons. The normalized spacial score (nSPS) is 12.5. The van der Waals surface area contributed by atoms with Crippen LogP contribution in [0.4, 0.5) is 0 Å². The number of halogens is 1. The lowest BCUT2D eigenvalue weighted by Crippen LogP contribution is -2.32. The van der Waals surface area contributed by atoms with Crippen molar-refractivity contribution in [3.63, 3.8) is 0 Å². The lowest BCUT2D eigenvalue weighted by atomic mass is 10.00. The predicted octanol–water partition coefficient (Wildman–Crippen LogP) is 3.73. The first-order valence-corrected chi connectivity index (χ1v) is 8.42. The van der Waals surface area contributed by atoms with Crippen LogP contribution in [0.1, 0.15) is 30.9 Å².